The number of carbonyl (C=O) groups is 2. The van der Waals surface area contributed by atoms with E-state index < -0.39 is 16.5 Å². The second-order valence-electron chi connectivity index (χ2n) is 4.56. The van der Waals surface area contributed by atoms with E-state index in [9.17, 15) is 19.7 Å². The van der Waals surface area contributed by atoms with E-state index in [4.69, 9.17) is 23.2 Å². The Kier molecular flexibility index (Phi) is 4.59. The monoisotopic (exact) mass is 337 g/mol. The number of nitro benzene ring substituents is 1. The van der Waals surface area contributed by atoms with Crippen LogP contribution >= 0.6 is 23.2 Å². The molecule has 2 aromatic rings. The predicted molar refractivity (Wildman–Crippen MR) is 83.0 cm³/mol. The smallest absolute Gasteiger partial charge is 0.270 e. The van der Waals surface area contributed by atoms with Crippen LogP contribution in [0.1, 0.15) is 26.3 Å². The van der Waals surface area contributed by atoms with Crippen molar-refractivity contribution in [3.8, 4) is 0 Å². The number of non-ortho nitro benzene ring substituents is 1. The fourth-order valence-electron chi connectivity index (χ4n) is 1.85. The predicted octanol–water partition coefficient (Wildman–Crippen LogP) is 4.28. The van der Waals surface area contributed by atoms with Gasteiger partial charge in [-0.3, -0.25) is 19.7 Å². The van der Waals surface area contributed by atoms with Crippen molar-refractivity contribution in [3.05, 3.63) is 73.2 Å². The Balaban J connectivity index is 2.45. The second-order valence-corrected chi connectivity index (χ2v) is 5.38. The van der Waals surface area contributed by atoms with Crippen LogP contribution in [0.15, 0.2) is 36.4 Å². The van der Waals surface area contributed by atoms with Crippen molar-refractivity contribution in [2.24, 2.45) is 0 Å². The van der Waals surface area contributed by atoms with Crippen LogP contribution in [-0.4, -0.2) is 16.5 Å². The van der Waals surface area contributed by atoms with Gasteiger partial charge in [-0.2, -0.15) is 0 Å². The van der Waals surface area contributed by atoms with Gasteiger partial charge in [0.25, 0.3) is 5.69 Å². The lowest BCUT2D eigenvalue weighted by molar-refractivity contribution is -0.384. The Bertz CT molecular complexity index is 802. The van der Waals surface area contributed by atoms with Crippen LogP contribution in [0.3, 0.4) is 0 Å². The molecule has 0 amide bonds. The van der Waals surface area contributed by atoms with E-state index in [2.05, 4.69) is 0 Å². The largest absolute Gasteiger partial charge is 0.285 e. The minimum absolute atomic E-state index is 0.0276. The van der Waals surface area contributed by atoms with Gasteiger partial charge in [-0.1, -0.05) is 29.3 Å². The summed E-state index contributed by atoms with van der Waals surface area (Å²) in [6.07, 6.45) is 0. The van der Waals surface area contributed by atoms with Crippen molar-refractivity contribution in [2.45, 2.75) is 6.92 Å². The molecule has 0 saturated carbocycles. The average molecular weight is 338 g/mol. The molecule has 0 aromatic heterocycles. The van der Waals surface area contributed by atoms with Crippen molar-refractivity contribution in [3.63, 3.8) is 0 Å². The molecular formula is C15H9Cl2NO4. The summed E-state index contributed by atoms with van der Waals surface area (Å²) in [7, 11) is 0. The molecule has 22 heavy (non-hydrogen) atoms. The van der Waals surface area contributed by atoms with Crippen LogP contribution in [0, 0.1) is 17.0 Å². The molecule has 0 bridgehead atoms. The number of benzene rings is 2. The molecule has 0 aliphatic heterocycles. The molecule has 7 heteroatoms. The maximum atomic E-state index is 12.3. The van der Waals surface area contributed by atoms with E-state index in [0.29, 0.717) is 0 Å². The summed E-state index contributed by atoms with van der Waals surface area (Å²) in [5, 5.41) is 10.9. The fourth-order valence-corrected chi connectivity index (χ4v) is 2.37. The molecule has 0 N–H and O–H groups in total. The van der Waals surface area contributed by atoms with Crippen LogP contribution in [0.2, 0.25) is 10.0 Å². The molecular weight excluding hydrogens is 329 g/mol. The normalized spacial score (nSPS) is 10.3. The van der Waals surface area contributed by atoms with Crippen LogP contribution in [-0.2, 0) is 0 Å². The lowest BCUT2D eigenvalue weighted by Crippen LogP contribution is -2.15. The van der Waals surface area contributed by atoms with Gasteiger partial charge >= 0.3 is 0 Å². The zero-order chi connectivity index (χ0) is 16.4. The van der Waals surface area contributed by atoms with E-state index in [1.54, 1.807) is 19.1 Å². The molecule has 112 valence electrons. The zero-order valence-corrected chi connectivity index (χ0v) is 12.8. The molecule has 0 aliphatic carbocycles. The van der Waals surface area contributed by atoms with Crippen LogP contribution < -0.4 is 0 Å². The Hall–Kier alpha value is -2.24. The number of rotatable bonds is 4. The first-order valence-corrected chi connectivity index (χ1v) is 6.86. The topological polar surface area (TPSA) is 77.3 Å². The molecule has 2 aromatic carbocycles. The summed E-state index contributed by atoms with van der Waals surface area (Å²) in [5.74, 6) is -1.81. The summed E-state index contributed by atoms with van der Waals surface area (Å²) in [5.41, 5.74) is 0.315. The van der Waals surface area contributed by atoms with Gasteiger partial charge in [0.1, 0.15) is 0 Å². The Morgan fingerprint density at radius 1 is 0.955 bits per heavy atom. The standard InChI is InChI=1S/C15H9Cl2NO4/c1-8-2-4-10(13(17)6-8)14(19)15(20)11-7-9(18(21)22)3-5-12(11)16/h2-7H,1H3. The third-order valence-corrected chi connectivity index (χ3v) is 3.62. The van der Waals surface area contributed by atoms with Crippen molar-refractivity contribution < 1.29 is 14.5 Å². The van der Waals surface area contributed by atoms with E-state index in [1.165, 1.54) is 12.1 Å². The van der Waals surface area contributed by atoms with Gasteiger partial charge in [0.15, 0.2) is 0 Å². The Morgan fingerprint density at radius 3 is 2.18 bits per heavy atom. The van der Waals surface area contributed by atoms with E-state index in [0.717, 1.165) is 17.7 Å². The second kappa shape index (κ2) is 6.25. The third-order valence-electron chi connectivity index (χ3n) is 2.98. The zero-order valence-electron chi connectivity index (χ0n) is 11.3. The maximum Gasteiger partial charge on any atom is 0.270 e. The van der Waals surface area contributed by atoms with Crippen molar-refractivity contribution in [1.82, 2.24) is 0 Å². The highest BCUT2D eigenvalue weighted by Gasteiger charge is 2.24. The SMILES string of the molecule is Cc1ccc(C(=O)C(=O)c2cc([N+](=O)[O-])ccc2Cl)c(Cl)c1. The molecule has 0 atom stereocenters. The summed E-state index contributed by atoms with van der Waals surface area (Å²) < 4.78 is 0. The van der Waals surface area contributed by atoms with Gasteiger partial charge in [0, 0.05) is 17.7 Å². The molecule has 0 spiro atoms. The van der Waals surface area contributed by atoms with Crippen molar-refractivity contribution >= 4 is 40.5 Å². The lowest BCUT2D eigenvalue weighted by atomic mass is 10.00. The quantitative estimate of drug-likeness (QED) is 0.361. The number of hydrogen-bond acceptors (Lipinski definition) is 4. The van der Waals surface area contributed by atoms with E-state index in [1.807, 2.05) is 0 Å². The van der Waals surface area contributed by atoms with Gasteiger partial charge < -0.3 is 0 Å². The minimum atomic E-state index is -0.945. The summed E-state index contributed by atoms with van der Waals surface area (Å²) in [6, 6.07) is 7.96. The van der Waals surface area contributed by atoms with Gasteiger partial charge in [0.2, 0.25) is 11.6 Å². The van der Waals surface area contributed by atoms with E-state index >= 15 is 0 Å². The number of Topliss-reactive ketones (excluding diaryl/α,β-unsaturated/α-hetero) is 2. The molecule has 0 unspecified atom stereocenters. The molecule has 0 fully saturated rings. The van der Waals surface area contributed by atoms with Gasteiger partial charge in [-0.15, -0.1) is 0 Å². The van der Waals surface area contributed by atoms with Crippen LogP contribution in [0.5, 0.6) is 0 Å². The summed E-state index contributed by atoms with van der Waals surface area (Å²) in [6.45, 7) is 1.79. The Labute approximate surface area is 135 Å². The number of ketones is 2. The van der Waals surface area contributed by atoms with Gasteiger partial charge in [-0.25, -0.2) is 0 Å². The number of halogens is 2. The number of hydrogen-bond donors (Lipinski definition) is 0. The molecule has 5 nitrogen and oxygen atoms in total. The highest BCUT2D eigenvalue weighted by atomic mass is 35.5. The molecule has 0 aliphatic rings. The minimum Gasteiger partial charge on any atom is -0.285 e. The molecule has 0 heterocycles. The lowest BCUT2D eigenvalue weighted by Gasteiger charge is -2.05. The number of nitro groups is 1. The number of aryl methyl sites for hydroxylation is 1. The molecule has 0 radical (unpaired) electrons. The highest BCUT2D eigenvalue weighted by molar-refractivity contribution is 6.54. The number of nitrogens with zero attached hydrogens (tertiary/aromatic N) is 1. The number of carbonyl (C=O) groups excluding carboxylic acids is 2. The maximum absolute atomic E-state index is 12.3. The van der Waals surface area contributed by atoms with Crippen LogP contribution in [0.4, 0.5) is 5.69 Å². The summed E-state index contributed by atoms with van der Waals surface area (Å²) >= 11 is 11.8. The first-order valence-electron chi connectivity index (χ1n) is 6.10. The van der Waals surface area contributed by atoms with E-state index in [-0.39, 0.29) is 26.9 Å². The highest BCUT2D eigenvalue weighted by Crippen LogP contribution is 2.25. The molecule has 0 saturated heterocycles. The van der Waals surface area contributed by atoms with Crippen LogP contribution in [0.25, 0.3) is 0 Å². The average Bonchev–Trinajstić information content (AvgIpc) is 2.46. The van der Waals surface area contributed by atoms with Crippen molar-refractivity contribution in [1.29, 1.82) is 0 Å². The Morgan fingerprint density at radius 2 is 1.59 bits per heavy atom. The first kappa shape index (κ1) is 16.1. The third kappa shape index (κ3) is 3.16. The molecule has 2 rings (SSSR count). The first-order chi connectivity index (χ1) is 10.3. The fraction of sp³-hybridized carbons (Fsp3) is 0.0667. The van der Waals surface area contributed by atoms with Gasteiger partial charge in [-0.05, 0) is 30.7 Å². The van der Waals surface area contributed by atoms with Gasteiger partial charge in [0.05, 0.1) is 20.5 Å². The summed E-state index contributed by atoms with van der Waals surface area (Å²) in [4.78, 5) is 34.6. The van der Waals surface area contributed by atoms with Crippen molar-refractivity contribution in [2.75, 3.05) is 0 Å².